The zero-order valence-electron chi connectivity index (χ0n) is 21.1. The van der Waals surface area contributed by atoms with Crippen LogP contribution >= 0.6 is 0 Å². The molecule has 3 N–H and O–H groups in total. The van der Waals surface area contributed by atoms with E-state index in [1.165, 1.54) is 6.42 Å². The third-order valence-corrected chi connectivity index (χ3v) is 6.88. The maximum Gasteiger partial charge on any atom is 0.318 e. The molecule has 0 radical (unpaired) electrons. The van der Waals surface area contributed by atoms with Gasteiger partial charge in [0.2, 0.25) is 11.8 Å². The van der Waals surface area contributed by atoms with E-state index in [2.05, 4.69) is 5.32 Å². The number of carbonyl (C=O) groups is 3. The molecule has 1 aliphatic carbocycles. The Bertz CT molecular complexity index is 848. The summed E-state index contributed by atoms with van der Waals surface area (Å²) in [5, 5.41) is 3.16. The number of carbonyl (C=O) groups excluding carboxylic acids is 3. The Hall–Kier alpha value is -2.77. The molecular formula is C26H41N5O3. The van der Waals surface area contributed by atoms with Crippen molar-refractivity contribution >= 4 is 23.5 Å². The zero-order valence-corrected chi connectivity index (χ0v) is 21.1. The number of urea groups is 1. The van der Waals surface area contributed by atoms with Gasteiger partial charge in [-0.1, -0.05) is 45.2 Å². The summed E-state index contributed by atoms with van der Waals surface area (Å²) in [4.78, 5) is 44.5. The van der Waals surface area contributed by atoms with E-state index in [4.69, 9.17) is 5.73 Å². The summed E-state index contributed by atoms with van der Waals surface area (Å²) < 4.78 is 0. The first kappa shape index (κ1) is 25.8. The summed E-state index contributed by atoms with van der Waals surface area (Å²) in [5.74, 6) is -0.314. The highest BCUT2D eigenvalue weighted by molar-refractivity contribution is 5.89. The summed E-state index contributed by atoms with van der Waals surface area (Å²) in [6.07, 6.45) is 5.89. The molecule has 8 heteroatoms. The Labute approximate surface area is 203 Å². The molecule has 2 aliphatic rings. The van der Waals surface area contributed by atoms with Crippen LogP contribution in [0.15, 0.2) is 24.3 Å². The molecule has 2 atom stereocenters. The number of piperazine rings is 1. The van der Waals surface area contributed by atoms with Gasteiger partial charge in [-0.15, -0.1) is 0 Å². The van der Waals surface area contributed by atoms with Gasteiger partial charge in [0.15, 0.2) is 0 Å². The van der Waals surface area contributed by atoms with Crippen molar-refractivity contribution in [3.8, 4) is 0 Å². The van der Waals surface area contributed by atoms with Crippen LogP contribution in [0.3, 0.4) is 0 Å². The van der Waals surface area contributed by atoms with Gasteiger partial charge >= 0.3 is 6.03 Å². The predicted molar refractivity (Wildman–Crippen MR) is 134 cm³/mol. The molecule has 1 aliphatic heterocycles. The molecule has 1 heterocycles. The molecule has 0 unspecified atom stereocenters. The predicted octanol–water partition coefficient (Wildman–Crippen LogP) is 3.10. The van der Waals surface area contributed by atoms with E-state index < -0.39 is 18.0 Å². The topological polar surface area (TPSA) is 99.0 Å². The van der Waals surface area contributed by atoms with E-state index in [0.717, 1.165) is 36.9 Å². The fraction of sp³-hybridized carbons (Fsp3) is 0.654. The SMILES string of the molecule is CC(C)C[C@H]1C(=O)N(Cc2ccc(N(C)C)cc2)C[C@H](CC(N)=O)N1C(=O)NC1CCCCC1. The maximum atomic E-state index is 13.7. The Kier molecular flexibility index (Phi) is 8.80. The van der Waals surface area contributed by atoms with E-state index >= 15 is 0 Å². The lowest BCUT2D eigenvalue weighted by Crippen LogP contribution is -2.66. The minimum atomic E-state index is -0.609. The number of nitrogens with zero attached hydrogens (tertiary/aromatic N) is 3. The van der Waals surface area contributed by atoms with Crippen LogP contribution in [0.4, 0.5) is 10.5 Å². The Morgan fingerprint density at radius 3 is 2.32 bits per heavy atom. The second-order valence-corrected chi connectivity index (χ2v) is 10.4. The fourth-order valence-electron chi connectivity index (χ4n) is 5.14. The number of nitrogens with one attached hydrogen (secondary N) is 1. The third-order valence-electron chi connectivity index (χ3n) is 6.88. The molecule has 1 aromatic rings. The molecule has 1 aromatic carbocycles. The molecule has 1 saturated carbocycles. The second kappa shape index (κ2) is 11.6. The molecule has 188 valence electrons. The normalized spacial score (nSPS) is 21.6. The Morgan fingerprint density at radius 2 is 1.76 bits per heavy atom. The van der Waals surface area contributed by atoms with Gasteiger partial charge in [-0.3, -0.25) is 9.59 Å². The molecule has 1 saturated heterocycles. The lowest BCUT2D eigenvalue weighted by Gasteiger charge is -2.46. The average Bonchev–Trinajstić information content (AvgIpc) is 2.77. The van der Waals surface area contributed by atoms with Crippen molar-refractivity contribution in [2.24, 2.45) is 11.7 Å². The summed E-state index contributed by atoms with van der Waals surface area (Å²) in [6, 6.07) is 6.92. The van der Waals surface area contributed by atoms with Crippen LogP contribution in [0.5, 0.6) is 0 Å². The molecule has 0 bridgehead atoms. The van der Waals surface area contributed by atoms with Crippen molar-refractivity contribution in [3.05, 3.63) is 29.8 Å². The van der Waals surface area contributed by atoms with Crippen molar-refractivity contribution in [2.75, 3.05) is 25.5 Å². The van der Waals surface area contributed by atoms with Gasteiger partial charge in [0.25, 0.3) is 0 Å². The second-order valence-electron chi connectivity index (χ2n) is 10.4. The van der Waals surface area contributed by atoms with Gasteiger partial charge in [0.1, 0.15) is 6.04 Å². The first-order chi connectivity index (χ1) is 16.2. The fourth-order valence-corrected chi connectivity index (χ4v) is 5.14. The van der Waals surface area contributed by atoms with Gasteiger partial charge in [-0.2, -0.15) is 0 Å². The maximum absolute atomic E-state index is 13.7. The molecule has 34 heavy (non-hydrogen) atoms. The van der Waals surface area contributed by atoms with E-state index in [9.17, 15) is 14.4 Å². The van der Waals surface area contributed by atoms with E-state index in [1.54, 1.807) is 9.80 Å². The molecule has 0 aromatic heterocycles. The quantitative estimate of drug-likeness (QED) is 0.609. The number of hydrogen-bond acceptors (Lipinski definition) is 4. The minimum absolute atomic E-state index is 0.0377. The molecule has 4 amide bonds. The third kappa shape index (κ3) is 6.64. The van der Waals surface area contributed by atoms with Crippen molar-refractivity contribution in [3.63, 3.8) is 0 Å². The van der Waals surface area contributed by atoms with Crippen molar-refractivity contribution in [1.29, 1.82) is 0 Å². The highest BCUT2D eigenvalue weighted by atomic mass is 16.2. The van der Waals surface area contributed by atoms with Gasteiger partial charge in [-0.25, -0.2) is 4.79 Å². The van der Waals surface area contributed by atoms with Crippen molar-refractivity contribution in [2.45, 2.75) is 83.5 Å². The Morgan fingerprint density at radius 1 is 1.12 bits per heavy atom. The lowest BCUT2D eigenvalue weighted by atomic mass is 9.94. The summed E-state index contributed by atoms with van der Waals surface area (Å²) >= 11 is 0. The first-order valence-corrected chi connectivity index (χ1v) is 12.6. The summed E-state index contributed by atoms with van der Waals surface area (Å²) in [7, 11) is 3.97. The largest absolute Gasteiger partial charge is 0.378 e. The number of rotatable bonds is 8. The van der Waals surface area contributed by atoms with Crippen LogP contribution in [0.25, 0.3) is 0 Å². The van der Waals surface area contributed by atoms with Crippen LogP contribution in [-0.4, -0.2) is 66.4 Å². The number of amides is 4. The Balaban J connectivity index is 1.84. The first-order valence-electron chi connectivity index (χ1n) is 12.6. The van der Waals surface area contributed by atoms with Gasteiger partial charge in [-0.05, 0) is 42.9 Å². The van der Waals surface area contributed by atoms with Gasteiger partial charge in [0, 0.05) is 45.3 Å². The highest BCUT2D eigenvalue weighted by Crippen LogP contribution is 2.27. The average molecular weight is 472 g/mol. The van der Waals surface area contributed by atoms with Gasteiger partial charge < -0.3 is 25.8 Å². The van der Waals surface area contributed by atoms with E-state index in [1.807, 2.05) is 57.1 Å². The molecule has 8 nitrogen and oxygen atoms in total. The zero-order chi connectivity index (χ0) is 24.8. The molecule has 2 fully saturated rings. The number of hydrogen-bond donors (Lipinski definition) is 2. The van der Waals surface area contributed by atoms with Crippen LogP contribution in [0, 0.1) is 5.92 Å². The van der Waals surface area contributed by atoms with Crippen LogP contribution < -0.4 is 16.0 Å². The standard InChI is InChI=1S/C26H41N5O3/c1-18(2)14-23-25(33)30(16-19-10-12-21(13-11-19)29(3)4)17-22(15-24(27)32)31(23)26(34)28-20-8-6-5-7-9-20/h10-13,18,20,22-23H,5-9,14-17H2,1-4H3,(H2,27,32)(H,28,34)/t22-,23-/m0/s1. The van der Waals surface area contributed by atoms with Crippen LogP contribution in [-0.2, 0) is 16.1 Å². The van der Waals surface area contributed by atoms with Crippen molar-refractivity contribution in [1.82, 2.24) is 15.1 Å². The number of benzene rings is 1. The molecule has 3 rings (SSSR count). The summed E-state index contributed by atoms with van der Waals surface area (Å²) in [5.41, 5.74) is 7.69. The number of anilines is 1. The van der Waals surface area contributed by atoms with Crippen molar-refractivity contribution < 1.29 is 14.4 Å². The molecule has 0 spiro atoms. The summed E-state index contributed by atoms with van der Waals surface area (Å²) in [6.45, 7) is 4.83. The van der Waals surface area contributed by atoms with Gasteiger partial charge in [0.05, 0.1) is 6.04 Å². The monoisotopic (exact) mass is 471 g/mol. The van der Waals surface area contributed by atoms with Crippen LogP contribution in [0.2, 0.25) is 0 Å². The minimum Gasteiger partial charge on any atom is -0.378 e. The van der Waals surface area contributed by atoms with E-state index in [0.29, 0.717) is 19.5 Å². The smallest absolute Gasteiger partial charge is 0.318 e. The van der Waals surface area contributed by atoms with Crippen LogP contribution in [0.1, 0.15) is 64.4 Å². The molecular weight excluding hydrogens is 430 g/mol. The van der Waals surface area contributed by atoms with E-state index in [-0.39, 0.29) is 30.3 Å². The lowest BCUT2D eigenvalue weighted by molar-refractivity contribution is -0.145. The highest BCUT2D eigenvalue weighted by Gasteiger charge is 2.44. The number of nitrogens with two attached hydrogens (primary N) is 1. The number of primary amides is 1.